The van der Waals surface area contributed by atoms with E-state index in [-0.39, 0.29) is 18.4 Å². The number of esters is 1. The van der Waals surface area contributed by atoms with Crippen molar-refractivity contribution in [3.63, 3.8) is 0 Å². The minimum Gasteiger partial charge on any atom is -0.460 e. The quantitative estimate of drug-likeness (QED) is 0.299. The van der Waals surface area contributed by atoms with Gasteiger partial charge < -0.3 is 9.47 Å². The van der Waals surface area contributed by atoms with Crippen molar-refractivity contribution >= 4 is 24.1 Å². The zero-order valence-corrected chi connectivity index (χ0v) is 16.1. The smallest absolute Gasteiger partial charge is 0.419 e. The summed E-state index contributed by atoms with van der Waals surface area (Å²) in [5.74, 6) is -1.21. The van der Waals surface area contributed by atoms with Crippen molar-refractivity contribution in [1.29, 1.82) is 0 Å². The van der Waals surface area contributed by atoms with Gasteiger partial charge in [-0.25, -0.2) is 24.4 Å². The van der Waals surface area contributed by atoms with Crippen LogP contribution in [0.2, 0.25) is 0 Å². The zero-order valence-electron chi connectivity index (χ0n) is 15.3. The molecule has 0 aromatic carbocycles. The van der Waals surface area contributed by atoms with Crippen LogP contribution in [0.5, 0.6) is 0 Å². The summed E-state index contributed by atoms with van der Waals surface area (Å²) < 4.78 is 43.0. The number of alkyl halides is 2. The molecule has 4 bridgehead atoms. The number of carbonyl (C=O) groups excluding carboxylic acids is 2. The molecule has 0 saturated heterocycles. The number of aromatic nitrogens is 2. The molecule has 1 aromatic heterocycles. The first-order chi connectivity index (χ1) is 13.7. The molecule has 4 aliphatic carbocycles. The topological polar surface area (TPSA) is 109 Å². The van der Waals surface area contributed by atoms with Gasteiger partial charge in [-0.1, -0.05) is 5.04 Å². The second-order valence-electron chi connectivity index (χ2n) is 8.30. The van der Waals surface area contributed by atoms with Crippen molar-refractivity contribution in [2.45, 2.75) is 49.4 Å². The first kappa shape index (κ1) is 20.5. The first-order valence-corrected chi connectivity index (χ1v) is 9.91. The summed E-state index contributed by atoms with van der Waals surface area (Å²) in [4.78, 5) is 28.1. The number of hydrogen-bond donors (Lipinski definition) is 1. The van der Waals surface area contributed by atoms with Crippen molar-refractivity contribution in [2.24, 2.45) is 17.3 Å². The number of carbonyl (C=O) groups is 2. The van der Waals surface area contributed by atoms with Gasteiger partial charge in [-0.05, 0) is 50.4 Å². The van der Waals surface area contributed by atoms with E-state index in [4.69, 9.17) is 14.7 Å². The molecule has 160 valence electrons. The molecule has 29 heavy (non-hydrogen) atoms. The third-order valence-electron chi connectivity index (χ3n) is 6.06. The highest BCUT2D eigenvalue weighted by Crippen LogP contribution is 2.63. The van der Waals surface area contributed by atoms with Crippen molar-refractivity contribution in [3.8, 4) is 0 Å². The summed E-state index contributed by atoms with van der Waals surface area (Å²) in [6, 6.07) is 0. The molecule has 1 N–H and O–H groups in total. The summed E-state index contributed by atoms with van der Waals surface area (Å²) >= 11 is -0.648. The van der Waals surface area contributed by atoms with Crippen LogP contribution in [0, 0.1) is 17.3 Å². The number of nitrogens with zero attached hydrogens (tertiary/aromatic N) is 2. The van der Waals surface area contributed by atoms with E-state index in [1.807, 2.05) is 0 Å². The maximum absolute atomic E-state index is 13.7. The van der Waals surface area contributed by atoms with E-state index < -0.39 is 40.4 Å². The maximum Gasteiger partial charge on any atom is 0.419 e. The summed E-state index contributed by atoms with van der Waals surface area (Å²) in [6.45, 7) is -0.195. The van der Waals surface area contributed by atoms with Crippen LogP contribution in [0.1, 0.15) is 38.5 Å². The standard InChI is InChI=1S/C17H20F2N2O7S/c18-17(19,29-28-27-24)13(22)25-9-15-4-11-3-12(5-15)7-16(6-11,8-15)26-14(23)21-2-1-20-10-21/h1-2,10-12,24H,3-9H2. The van der Waals surface area contributed by atoms with Crippen LogP contribution < -0.4 is 0 Å². The van der Waals surface area contributed by atoms with Crippen molar-refractivity contribution < 1.29 is 42.5 Å². The number of rotatable bonds is 7. The van der Waals surface area contributed by atoms with E-state index in [0.717, 1.165) is 19.3 Å². The third kappa shape index (κ3) is 4.11. The Labute approximate surface area is 168 Å². The number of ether oxygens (including phenoxy) is 2. The molecule has 12 heteroatoms. The number of imidazole rings is 1. The lowest BCUT2D eigenvalue weighted by atomic mass is 9.48. The summed E-state index contributed by atoms with van der Waals surface area (Å²) in [7, 11) is 0. The molecule has 5 rings (SSSR count). The Morgan fingerprint density at radius 1 is 1.28 bits per heavy atom. The average Bonchev–Trinajstić information content (AvgIpc) is 3.18. The van der Waals surface area contributed by atoms with Crippen LogP contribution >= 0.6 is 12.0 Å². The highest BCUT2D eigenvalue weighted by molar-refractivity contribution is 7.96. The Bertz CT molecular complexity index is 762. The zero-order chi connectivity index (χ0) is 20.7. The Kier molecular flexibility index (Phi) is 5.30. The van der Waals surface area contributed by atoms with Gasteiger partial charge >= 0.3 is 17.3 Å². The summed E-state index contributed by atoms with van der Waals surface area (Å²) in [5, 5.41) is 7.06. The fourth-order valence-corrected chi connectivity index (χ4v) is 5.90. The van der Waals surface area contributed by atoms with Gasteiger partial charge in [0.25, 0.3) is 0 Å². The van der Waals surface area contributed by atoms with E-state index in [2.05, 4.69) is 14.4 Å². The SMILES string of the molecule is O=C(OC12CC3CC(CC(COC(=O)C(F)(F)SOOO)(C3)C1)C2)n1ccnc1. The molecule has 1 aromatic rings. The minimum atomic E-state index is -4.03. The Morgan fingerprint density at radius 2 is 2.00 bits per heavy atom. The lowest BCUT2D eigenvalue weighted by molar-refractivity contribution is -0.433. The van der Waals surface area contributed by atoms with Crippen LogP contribution in [0.4, 0.5) is 13.6 Å². The van der Waals surface area contributed by atoms with Crippen molar-refractivity contribution in [2.75, 3.05) is 6.61 Å². The second-order valence-corrected chi connectivity index (χ2v) is 9.12. The first-order valence-electron chi connectivity index (χ1n) is 9.17. The third-order valence-corrected chi connectivity index (χ3v) is 6.57. The lowest BCUT2D eigenvalue weighted by Crippen LogP contribution is -2.59. The summed E-state index contributed by atoms with van der Waals surface area (Å²) in [5.41, 5.74) is -1.20. The Hall–Kier alpha value is -1.76. The molecule has 2 atom stereocenters. The molecule has 0 amide bonds. The molecular weight excluding hydrogens is 414 g/mol. The molecule has 0 spiro atoms. The van der Waals surface area contributed by atoms with E-state index in [1.165, 1.54) is 23.3 Å². The molecule has 2 unspecified atom stereocenters. The largest absolute Gasteiger partial charge is 0.460 e. The minimum absolute atomic E-state index is 0.195. The normalized spacial score (nSPS) is 32.9. The van der Waals surface area contributed by atoms with Crippen LogP contribution in [-0.4, -0.2) is 44.3 Å². The molecule has 1 heterocycles. The van der Waals surface area contributed by atoms with Gasteiger partial charge in [-0.2, -0.15) is 8.78 Å². The Balaban J connectivity index is 1.44. The Morgan fingerprint density at radius 3 is 2.62 bits per heavy atom. The van der Waals surface area contributed by atoms with Crippen LogP contribution in [0.3, 0.4) is 0 Å². The van der Waals surface area contributed by atoms with Crippen LogP contribution in [-0.2, 0) is 23.6 Å². The molecule has 4 aliphatic rings. The van der Waals surface area contributed by atoms with Gasteiger partial charge in [0.1, 0.15) is 24.0 Å². The van der Waals surface area contributed by atoms with Crippen LogP contribution in [0.25, 0.3) is 0 Å². The van der Waals surface area contributed by atoms with Gasteiger partial charge in [-0.15, -0.1) is 4.33 Å². The lowest BCUT2D eigenvalue weighted by Gasteiger charge is -2.60. The van der Waals surface area contributed by atoms with E-state index in [1.54, 1.807) is 0 Å². The van der Waals surface area contributed by atoms with Gasteiger partial charge in [0.2, 0.25) is 0 Å². The van der Waals surface area contributed by atoms with Crippen LogP contribution in [0.15, 0.2) is 18.7 Å². The van der Waals surface area contributed by atoms with E-state index >= 15 is 0 Å². The highest BCUT2D eigenvalue weighted by atomic mass is 32.2. The van der Waals surface area contributed by atoms with Gasteiger partial charge in [0.15, 0.2) is 0 Å². The monoisotopic (exact) mass is 434 g/mol. The summed E-state index contributed by atoms with van der Waals surface area (Å²) in [6.07, 6.45) is 8.15. The average molecular weight is 434 g/mol. The molecular formula is C17H20F2N2O7S. The predicted octanol–water partition coefficient (Wildman–Crippen LogP) is 3.41. The van der Waals surface area contributed by atoms with E-state index in [9.17, 15) is 18.4 Å². The predicted molar refractivity (Wildman–Crippen MR) is 92.2 cm³/mol. The molecule has 0 aliphatic heterocycles. The molecule has 4 saturated carbocycles. The number of halogens is 2. The van der Waals surface area contributed by atoms with Crippen molar-refractivity contribution in [3.05, 3.63) is 18.7 Å². The highest BCUT2D eigenvalue weighted by Gasteiger charge is 2.60. The van der Waals surface area contributed by atoms with Gasteiger partial charge in [0.05, 0.1) is 6.61 Å². The van der Waals surface area contributed by atoms with E-state index in [0.29, 0.717) is 19.3 Å². The maximum atomic E-state index is 13.7. The number of hydrogen-bond acceptors (Lipinski definition) is 9. The molecule has 9 nitrogen and oxygen atoms in total. The second kappa shape index (κ2) is 7.49. The fourth-order valence-electron chi connectivity index (χ4n) is 5.65. The molecule has 0 radical (unpaired) electrons. The van der Waals surface area contributed by atoms with Crippen molar-refractivity contribution in [1.82, 2.24) is 9.55 Å². The van der Waals surface area contributed by atoms with Gasteiger partial charge in [-0.3, -0.25) is 0 Å². The fraction of sp³-hybridized carbons (Fsp3) is 0.706. The molecule has 4 fully saturated rings. The van der Waals surface area contributed by atoms with Gasteiger partial charge in [0, 0.05) is 17.8 Å².